The van der Waals surface area contributed by atoms with Gasteiger partial charge in [0.05, 0.1) is 17.4 Å². The fourth-order valence-electron chi connectivity index (χ4n) is 1.16. The molecule has 0 aromatic carbocycles. The molecular weight excluding hydrogens is 194 g/mol. The van der Waals surface area contributed by atoms with Crippen molar-refractivity contribution in [2.75, 3.05) is 26.0 Å². The lowest BCUT2D eigenvalue weighted by Crippen LogP contribution is -2.27. The number of nitrogens with zero attached hydrogens (tertiary/aromatic N) is 3. The van der Waals surface area contributed by atoms with E-state index in [9.17, 15) is 9.59 Å². The predicted octanol–water partition coefficient (Wildman–Crippen LogP) is 0.376. The van der Waals surface area contributed by atoms with E-state index in [-0.39, 0.29) is 5.91 Å². The maximum atomic E-state index is 11.7. The molecule has 0 aliphatic carbocycles. The quantitative estimate of drug-likeness (QED) is 0.672. The summed E-state index contributed by atoms with van der Waals surface area (Å²) in [5, 5.41) is 0. The largest absolute Gasteiger partial charge is 0.376 e. The molecule has 5 heteroatoms. The Bertz CT molecular complexity index is 377. The van der Waals surface area contributed by atoms with Crippen molar-refractivity contribution in [3.8, 4) is 0 Å². The van der Waals surface area contributed by atoms with Gasteiger partial charge < -0.3 is 4.90 Å². The minimum atomic E-state index is -0.337. The van der Waals surface area contributed by atoms with Crippen molar-refractivity contribution < 1.29 is 9.59 Å². The normalized spacial score (nSPS) is 9.53. The van der Waals surface area contributed by atoms with Crippen molar-refractivity contribution in [1.29, 1.82) is 0 Å². The molecule has 1 aromatic rings. The molecule has 0 atom stereocenters. The third-order valence-electron chi connectivity index (χ3n) is 1.99. The van der Waals surface area contributed by atoms with E-state index in [1.165, 1.54) is 13.2 Å². The number of hydrogen-bond acceptors (Lipinski definition) is 4. The molecule has 0 saturated heterocycles. The van der Waals surface area contributed by atoms with E-state index in [4.69, 9.17) is 0 Å². The molecule has 0 bridgehead atoms. The van der Waals surface area contributed by atoms with E-state index in [1.807, 2.05) is 14.1 Å². The molecule has 0 saturated carbocycles. The van der Waals surface area contributed by atoms with Crippen LogP contribution in [0.15, 0.2) is 18.5 Å². The summed E-state index contributed by atoms with van der Waals surface area (Å²) < 4.78 is 0. The first-order chi connectivity index (χ1) is 7.07. The van der Waals surface area contributed by atoms with Crippen molar-refractivity contribution in [1.82, 2.24) is 9.88 Å². The first-order valence-electron chi connectivity index (χ1n) is 4.41. The Morgan fingerprint density at radius 3 is 2.60 bits per heavy atom. The van der Waals surface area contributed by atoms with E-state index < -0.39 is 0 Å². The second-order valence-corrected chi connectivity index (χ2v) is 3.31. The van der Waals surface area contributed by atoms with Crippen LogP contribution in [0.3, 0.4) is 0 Å². The van der Waals surface area contributed by atoms with Crippen molar-refractivity contribution >= 4 is 18.0 Å². The summed E-state index contributed by atoms with van der Waals surface area (Å²) in [6, 6.07) is 1.59. The fraction of sp³-hybridized carbons (Fsp3) is 0.300. The highest BCUT2D eigenvalue weighted by Gasteiger charge is 2.15. The van der Waals surface area contributed by atoms with E-state index in [0.29, 0.717) is 17.7 Å². The third kappa shape index (κ3) is 2.31. The van der Waals surface area contributed by atoms with Crippen LogP contribution < -0.4 is 4.90 Å². The van der Waals surface area contributed by atoms with Gasteiger partial charge in [0, 0.05) is 27.3 Å². The number of aromatic nitrogens is 1. The number of rotatable bonds is 3. The summed E-state index contributed by atoms with van der Waals surface area (Å²) in [5.41, 5.74) is 1.15. The van der Waals surface area contributed by atoms with Crippen LogP contribution in [0.4, 0.5) is 5.69 Å². The Hall–Kier alpha value is -1.91. The Labute approximate surface area is 88.3 Å². The van der Waals surface area contributed by atoms with Crippen molar-refractivity contribution in [3.05, 3.63) is 24.0 Å². The zero-order valence-electron chi connectivity index (χ0n) is 8.97. The Morgan fingerprint density at radius 1 is 1.40 bits per heavy atom. The average molecular weight is 207 g/mol. The van der Waals surface area contributed by atoms with Crippen LogP contribution in [-0.2, 0) is 4.79 Å². The van der Waals surface area contributed by atoms with Crippen LogP contribution in [-0.4, -0.2) is 43.3 Å². The van der Waals surface area contributed by atoms with Gasteiger partial charge in [0.1, 0.15) is 0 Å². The van der Waals surface area contributed by atoms with Crippen molar-refractivity contribution in [3.63, 3.8) is 0 Å². The van der Waals surface area contributed by atoms with E-state index in [0.717, 1.165) is 4.90 Å². The number of carbonyl (C=O) groups is 2. The Kier molecular flexibility index (Phi) is 3.38. The summed E-state index contributed by atoms with van der Waals surface area (Å²) in [7, 11) is 5.05. The van der Waals surface area contributed by atoms with Crippen LogP contribution in [0.1, 0.15) is 10.4 Å². The standard InChI is InChI=1S/C10H13N3O2/c1-12(2)9-6-11-5-4-8(9)10(15)13(3)7-14/h4-7H,1-3H3. The van der Waals surface area contributed by atoms with Gasteiger partial charge in [0.15, 0.2) is 0 Å². The van der Waals surface area contributed by atoms with Crippen molar-refractivity contribution in [2.45, 2.75) is 0 Å². The summed E-state index contributed by atoms with van der Waals surface area (Å²) in [6.07, 6.45) is 3.60. The molecule has 15 heavy (non-hydrogen) atoms. The fourth-order valence-corrected chi connectivity index (χ4v) is 1.16. The molecule has 0 spiro atoms. The summed E-state index contributed by atoms with van der Waals surface area (Å²) in [6.45, 7) is 0. The molecular formula is C10H13N3O2. The summed E-state index contributed by atoms with van der Waals surface area (Å²) in [4.78, 5) is 28.9. The van der Waals surface area contributed by atoms with Gasteiger partial charge in [-0.1, -0.05) is 0 Å². The SMILES string of the molecule is CN(C=O)C(=O)c1ccncc1N(C)C. The zero-order valence-corrected chi connectivity index (χ0v) is 8.97. The third-order valence-corrected chi connectivity index (χ3v) is 1.99. The second-order valence-electron chi connectivity index (χ2n) is 3.31. The van der Waals surface area contributed by atoms with Crippen LogP contribution in [0.2, 0.25) is 0 Å². The smallest absolute Gasteiger partial charge is 0.262 e. The number of carbonyl (C=O) groups excluding carboxylic acids is 2. The number of amides is 2. The van der Waals surface area contributed by atoms with Gasteiger partial charge in [-0.2, -0.15) is 0 Å². The lowest BCUT2D eigenvalue weighted by atomic mass is 10.2. The Morgan fingerprint density at radius 2 is 2.07 bits per heavy atom. The molecule has 0 N–H and O–H groups in total. The topological polar surface area (TPSA) is 53.5 Å². The lowest BCUT2D eigenvalue weighted by molar-refractivity contribution is -0.115. The maximum absolute atomic E-state index is 11.7. The minimum Gasteiger partial charge on any atom is -0.376 e. The molecule has 2 amide bonds. The molecule has 1 rings (SSSR count). The molecule has 80 valence electrons. The van der Waals surface area contributed by atoms with Crippen LogP contribution in [0.25, 0.3) is 0 Å². The van der Waals surface area contributed by atoms with Crippen LogP contribution >= 0.6 is 0 Å². The highest BCUT2D eigenvalue weighted by atomic mass is 16.2. The van der Waals surface area contributed by atoms with Crippen LogP contribution in [0, 0.1) is 0 Å². The molecule has 0 unspecified atom stereocenters. The van der Waals surface area contributed by atoms with Crippen LogP contribution in [0.5, 0.6) is 0 Å². The van der Waals surface area contributed by atoms with Gasteiger partial charge in [-0.05, 0) is 6.07 Å². The highest BCUT2D eigenvalue weighted by molar-refractivity contribution is 6.03. The van der Waals surface area contributed by atoms with Gasteiger partial charge in [0.2, 0.25) is 6.41 Å². The van der Waals surface area contributed by atoms with Gasteiger partial charge in [0.25, 0.3) is 5.91 Å². The van der Waals surface area contributed by atoms with E-state index in [2.05, 4.69) is 4.98 Å². The zero-order chi connectivity index (χ0) is 11.4. The predicted molar refractivity (Wildman–Crippen MR) is 56.7 cm³/mol. The number of anilines is 1. The van der Waals surface area contributed by atoms with Gasteiger partial charge >= 0.3 is 0 Å². The van der Waals surface area contributed by atoms with Gasteiger partial charge in [-0.15, -0.1) is 0 Å². The minimum absolute atomic E-state index is 0.337. The van der Waals surface area contributed by atoms with Gasteiger partial charge in [-0.25, -0.2) is 0 Å². The number of imide groups is 1. The number of pyridine rings is 1. The second kappa shape index (κ2) is 4.54. The average Bonchev–Trinajstić information content (AvgIpc) is 2.27. The van der Waals surface area contributed by atoms with E-state index >= 15 is 0 Å². The maximum Gasteiger partial charge on any atom is 0.262 e. The van der Waals surface area contributed by atoms with Crippen molar-refractivity contribution in [2.24, 2.45) is 0 Å². The first kappa shape index (κ1) is 11.2. The molecule has 0 aliphatic heterocycles. The monoisotopic (exact) mass is 207 g/mol. The lowest BCUT2D eigenvalue weighted by Gasteiger charge is -2.17. The molecule has 0 radical (unpaired) electrons. The Balaban J connectivity index is 3.13. The highest BCUT2D eigenvalue weighted by Crippen LogP contribution is 2.17. The molecule has 1 aromatic heterocycles. The molecule has 1 heterocycles. The molecule has 5 nitrogen and oxygen atoms in total. The molecule has 0 fully saturated rings. The first-order valence-corrected chi connectivity index (χ1v) is 4.41. The van der Waals surface area contributed by atoms with Gasteiger partial charge in [-0.3, -0.25) is 19.5 Å². The summed E-state index contributed by atoms with van der Waals surface area (Å²) >= 11 is 0. The summed E-state index contributed by atoms with van der Waals surface area (Å²) in [5.74, 6) is -0.337. The molecule has 0 aliphatic rings. The van der Waals surface area contributed by atoms with E-state index in [1.54, 1.807) is 17.2 Å². The number of hydrogen-bond donors (Lipinski definition) is 0.